The van der Waals surface area contributed by atoms with Crippen LogP contribution >= 0.6 is 0 Å². The quantitative estimate of drug-likeness (QED) is 0.587. The Morgan fingerprint density at radius 2 is 1.71 bits per heavy atom. The molecule has 7 nitrogen and oxygen atoms in total. The number of ether oxygens (including phenoxy) is 3. The van der Waals surface area contributed by atoms with Gasteiger partial charge in [-0.25, -0.2) is 0 Å². The Morgan fingerprint density at radius 1 is 0.968 bits per heavy atom. The lowest BCUT2D eigenvalue weighted by Gasteiger charge is -2.15. The molecule has 0 unspecified atom stereocenters. The van der Waals surface area contributed by atoms with Crippen molar-refractivity contribution >= 4 is 23.1 Å². The summed E-state index contributed by atoms with van der Waals surface area (Å²) in [6.07, 6.45) is 0.904. The Hall–Kier alpha value is -3.32. The Bertz CT molecular complexity index is 982. The van der Waals surface area contributed by atoms with Crippen LogP contribution in [0.2, 0.25) is 0 Å². The van der Waals surface area contributed by atoms with E-state index in [-0.39, 0.29) is 24.8 Å². The zero-order chi connectivity index (χ0) is 22.4. The molecule has 0 bridgehead atoms. The Morgan fingerprint density at radius 3 is 2.35 bits per heavy atom. The van der Waals surface area contributed by atoms with Crippen LogP contribution in [0.3, 0.4) is 0 Å². The third kappa shape index (κ3) is 4.88. The Balaban J connectivity index is 2.02. The van der Waals surface area contributed by atoms with Crippen LogP contribution in [0.4, 0.5) is 5.69 Å². The topological polar surface area (TPSA) is 77.1 Å². The smallest absolute Gasteiger partial charge is 0.278 e. The van der Waals surface area contributed by atoms with E-state index in [1.165, 1.54) is 12.0 Å². The monoisotopic (exact) mass is 424 g/mol. The minimum Gasteiger partial charge on any atom is -0.495 e. The lowest BCUT2D eigenvalue weighted by molar-refractivity contribution is -0.137. The number of methoxy groups -OCH3 is 2. The number of carbonyl (C=O) groups is 2. The zero-order valence-corrected chi connectivity index (χ0v) is 18.4. The van der Waals surface area contributed by atoms with E-state index in [0.717, 1.165) is 12.0 Å². The highest BCUT2D eigenvalue weighted by Gasteiger charge is 2.39. The number of nitrogens with zero attached hydrogens (tertiary/aromatic N) is 1. The molecule has 0 saturated carbocycles. The van der Waals surface area contributed by atoms with Gasteiger partial charge in [-0.15, -0.1) is 0 Å². The summed E-state index contributed by atoms with van der Waals surface area (Å²) in [5.74, 6) is 0.538. The highest BCUT2D eigenvalue weighted by molar-refractivity contribution is 6.36. The second-order valence-corrected chi connectivity index (χ2v) is 7.21. The number of nitrogens with one attached hydrogen (secondary N) is 1. The number of carbonyl (C=O) groups excluding carboxylic acids is 2. The summed E-state index contributed by atoms with van der Waals surface area (Å²) in [5.41, 5.74) is 2.78. The molecule has 0 atom stereocenters. The van der Waals surface area contributed by atoms with E-state index < -0.39 is 5.91 Å². The van der Waals surface area contributed by atoms with Crippen LogP contribution in [-0.2, 0) is 14.3 Å². The van der Waals surface area contributed by atoms with Crippen LogP contribution in [0.25, 0.3) is 5.57 Å². The van der Waals surface area contributed by atoms with Crippen molar-refractivity contribution in [1.82, 2.24) is 4.90 Å². The van der Waals surface area contributed by atoms with Crippen LogP contribution in [0.1, 0.15) is 24.5 Å². The molecule has 2 amide bonds. The van der Waals surface area contributed by atoms with Crippen molar-refractivity contribution in [3.05, 3.63) is 59.3 Å². The minimum absolute atomic E-state index is 0.172. The zero-order valence-electron chi connectivity index (χ0n) is 18.4. The molecule has 0 spiro atoms. The third-order valence-corrected chi connectivity index (χ3v) is 4.92. The van der Waals surface area contributed by atoms with Crippen molar-refractivity contribution in [2.24, 2.45) is 0 Å². The molecule has 0 aromatic heterocycles. The first-order valence-corrected chi connectivity index (χ1v) is 10.2. The number of hydrogen-bond acceptors (Lipinski definition) is 6. The lowest BCUT2D eigenvalue weighted by atomic mass is 10.0. The van der Waals surface area contributed by atoms with E-state index in [4.69, 9.17) is 14.2 Å². The molecule has 0 fully saturated rings. The predicted molar refractivity (Wildman–Crippen MR) is 119 cm³/mol. The molecule has 2 aromatic rings. The van der Waals surface area contributed by atoms with Gasteiger partial charge in [-0.3, -0.25) is 14.5 Å². The van der Waals surface area contributed by atoms with Gasteiger partial charge in [0.2, 0.25) is 0 Å². The molecule has 3 rings (SSSR count). The molecule has 31 heavy (non-hydrogen) atoms. The summed E-state index contributed by atoms with van der Waals surface area (Å²) in [5, 5.41) is 3.16. The van der Waals surface area contributed by atoms with Crippen LogP contribution in [-0.4, -0.2) is 50.7 Å². The van der Waals surface area contributed by atoms with Crippen molar-refractivity contribution in [2.75, 3.05) is 39.3 Å². The summed E-state index contributed by atoms with van der Waals surface area (Å²) >= 11 is 0. The molecular weight excluding hydrogens is 396 g/mol. The van der Waals surface area contributed by atoms with Crippen molar-refractivity contribution < 1.29 is 23.8 Å². The van der Waals surface area contributed by atoms with E-state index in [1.54, 1.807) is 31.4 Å². The fourth-order valence-electron chi connectivity index (χ4n) is 3.34. The van der Waals surface area contributed by atoms with Crippen LogP contribution < -0.4 is 14.8 Å². The first-order valence-electron chi connectivity index (χ1n) is 10.2. The third-order valence-electron chi connectivity index (χ3n) is 4.92. The van der Waals surface area contributed by atoms with Gasteiger partial charge < -0.3 is 19.5 Å². The standard InChI is InChI=1S/C24H28N2O5/c1-5-13-31-18-9-7-17(8-10-18)21-22(24(28)26(23(21)27)12-14-29-3)25-19-15-16(2)6-11-20(19)30-4/h6-11,15,25H,5,12-14H2,1-4H3. The second kappa shape index (κ2) is 10.1. The van der Waals surface area contributed by atoms with Crippen molar-refractivity contribution in [3.63, 3.8) is 0 Å². The van der Waals surface area contributed by atoms with E-state index >= 15 is 0 Å². The number of imide groups is 1. The predicted octanol–water partition coefficient (Wildman–Crippen LogP) is 3.63. The number of benzene rings is 2. The maximum absolute atomic E-state index is 13.2. The van der Waals surface area contributed by atoms with E-state index in [2.05, 4.69) is 5.32 Å². The average molecular weight is 424 g/mol. The number of aryl methyl sites for hydroxylation is 1. The van der Waals surface area contributed by atoms with Gasteiger partial charge in [-0.1, -0.05) is 25.1 Å². The fraction of sp³-hybridized carbons (Fsp3) is 0.333. The summed E-state index contributed by atoms with van der Waals surface area (Å²) in [4.78, 5) is 27.6. The Labute approximate surface area is 182 Å². The van der Waals surface area contributed by atoms with Crippen LogP contribution in [0.15, 0.2) is 48.2 Å². The van der Waals surface area contributed by atoms with Crippen molar-refractivity contribution in [3.8, 4) is 11.5 Å². The van der Waals surface area contributed by atoms with Crippen molar-refractivity contribution in [1.29, 1.82) is 0 Å². The summed E-state index contributed by atoms with van der Waals surface area (Å²) in [6.45, 7) is 5.03. The number of anilines is 1. The normalized spacial score (nSPS) is 13.7. The molecule has 0 radical (unpaired) electrons. The summed E-state index contributed by atoms with van der Waals surface area (Å²) in [6, 6.07) is 12.8. The molecule has 2 aromatic carbocycles. The first-order chi connectivity index (χ1) is 15.0. The van der Waals surface area contributed by atoms with Gasteiger partial charge in [0.1, 0.15) is 17.2 Å². The molecule has 7 heteroatoms. The van der Waals surface area contributed by atoms with Gasteiger partial charge in [0.05, 0.1) is 38.1 Å². The SMILES string of the molecule is CCCOc1ccc(C2=C(Nc3cc(C)ccc3OC)C(=O)N(CCOC)C2=O)cc1. The molecule has 0 saturated heterocycles. The lowest BCUT2D eigenvalue weighted by Crippen LogP contribution is -2.35. The Kier molecular flexibility index (Phi) is 7.31. The van der Waals surface area contributed by atoms with E-state index in [0.29, 0.717) is 34.9 Å². The van der Waals surface area contributed by atoms with Gasteiger partial charge in [0.25, 0.3) is 11.8 Å². The number of hydrogen-bond donors (Lipinski definition) is 1. The average Bonchev–Trinajstić information content (AvgIpc) is 3.00. The maximum Gasteiger partial charge on any atom is 0.278 e. The van der Waals surface area contributed by atoms with Gasteiger partial charge in [0, 0.05) is 7.11 Å². The number of rotatable bonds is 10. The summed E-state index contributed by atoms with van der Waals surface area (Å²) in [7, 11) is 3.10. The van der Waals surface area contributed by atoms with E-state index in [1.807, 2.05) is 32.0 Å². The maximum atomic E-state index is 13.2. The largest absolute Gasteiger partial charge is 0.495 e. The van der Waals surface area contributed by atoms with Crippen LogP contribution in [0.5, 0.6) is 11.5 Å². The molecule has 0 aliphatic carbocycles. The molecular formula is C24H28N2O5. The molecule has 1 aliphatic heterocycles. The highest BCUT2D eigenvalue weighted by Crippen LogP contribution is 2.34. The first kappa shape index (κ1) is 22.4. The second-order valence-electron chi connectivity index (χ2n) is 7.21. The number of amides is 2. The van der Waals surface area contributed by atoms with Gasteiger partial charge in [-0.2, -0.15) is 0 Å². The molecule has 164 valence electrons. The van der Waals surface area contributed by atoms with Gasteiger partial charge in [0.15, 0.2) is 0 Å². The molecule has 1 heterocycles. The molecule has 1 N–H and O–H groups in total. The highest BCUT2D eigenvalue weighted by atomic mass is 16.5. The van der Waals surface area contributed by atoms with Crippen molar-refractivity contribution in [2.45, 2.75) is 20.3 Å². The minimum atomic E-state index is -0.396. The fourth-order valence-corrected chi connectivity index (χ4v) is 3.34. The molecule has 1 aliphatic rings. The van der Waals surface area contributed by atoms with Gasteiger partial charge in [-0.05, 0) is 48.7 Å². The van der Waals surface area contributed by atoms with Crippen LogP contribution in [0, 0.1) is 6.92 Å². The summed E-state index contributed by atoms with van der Waals surface area (Å²) < 4.78 is 16.1. The van der Waals surface area contributed by atoms with Gasteiger partial charge >= 0.3 is 0 Å². The van der Waals surface area contributed by atoms with E-state index in [9.17, 15) is 9.59 Å².